The van der Waals surface area contributed by atoms with Gasteiger partial charge in [0.25, 0.3) is 0 Å². The molecule has 2 aromatic carbocycles. The number of carbonyl (C=O) groups excluding carboxylic acids is 2. The highest BCUT2D eigenvalue weighted by atomic mass is 35.5. The molecule has 0 aliphatic rings. The van der Waals surface area contributed by atoms with Gasteiger partial charge in [-0.05, 0) is 18.2 Å². The van der Waals surface area contributed by atoms with Gasteiger partial charge in [0.15, 0.2) is 0 Å². The molecule has 0 bridgehead atoms. The van der Waals surface area contributed by atoms with Crippen LogP contribution in [-0.2, 0) is 9.59 Å². The van der Waals surface area contributed by atoms with Crippen molar-refractivity contribution in [2.45, 2.75) is 6.42 Å². The molecular formula is C16H14ClN3O2. The van der Waals surface area contributed by atoms with Gasteiger partial charge >= 0.3 is 0 Å². The van der Waals surface area contributed by atoms with Crippen LogP contribution < -0.4 is 10.7 Å². The number of nitrogens with one attached hydrogen (secondary N) is 2. The molecule has 2 rings (SSSR count). The number of halogens is 1. The number of nitrogens with zero attached hydrogens (tertiary/aromatic N) is 1. The zero-order valence-corrected chi connectivity index (χ0v) is 12.4. The summed E-state index contributed by atoms with van der Waals surface area (Å²) in [6, 6.07) is 16.0. The summed E-state index contributed by atoms with van der Waals surface area (Å²) in [5.74, 6) is -0.909. The van der Waals surface area contributed by atoms with E-state index in [1.54, 1.807) is 42.5 Å². The van der Waals surface area contributed by atoms with E-state index < -0.39 is 11.8 Å². The Morgan fingerprint density at radius 2 is 1.68 bits per heavy atom. The van der Waals surface area contributed by atoms with Crippen molar-refractivity contribution in [1.82, 2.24) is 5.43 Å². The molecule has 0 radical (unpaired) electrons. The molecule has 22 heavy (non-hydrogen) atoms. The summed E-state index contributed by atoms with van der Waals surface area (Å²) < 4.78 is 0. The number of hydrogen-bond donors (Lipinski definition) is 2. The lowest BCUT2D eigenvalue weighted by atomic mass is 10.2. The first kappa shape index (κ1) is 15.7. The van der Waals surface area contributed by atoms with E-state index in [9.17, 15) is 9.59 Å². The molecule has 0 unspecified atom stereocenters. The molecule has 2 N–H and O–H groups in total. The van der Waals surface area contributed by atoms with E-state index in [4.69, 9.17) is 11.6 Å². The minimum atomic E-state index is -0.503. The molecule has 0 aliphatic heterocycles. The van der Waals surface area contributed by atoms with E-state index in [0.29, 0.717) is 16.3 Å². The van der Waals surface area contributed by atoms with Gasteiger partial charge in [-0.25, -0.2) is 5.43 Å². The highest BCUT2D eigenvalue weighted by Gasteiger charge is 2.08. The van der Waals surface area contributed by atoms with Gasteiger partial charge < -0.3 is 5.32 Å². The highest BCUT2D eigenvalue weighted by molar-refractivity contribution is 6.33. The first-order valence-electron chi connectivity index (χ1n) is 6.56. The van der Waals surface area contributed by atoms with Crippen LogP contribution in [0.5, 0.6) is 0 Å². The summed E-state index contributed by atoms with van der Waals surface area (Å²) in [6.45, 7) is 0. The SMILES string of the molecule is O=C(CC(=O)Nc1ccccc1)NN=Cc1ccccc1Cl. The molecule has 0 aromatic heterocycles. The van der Waals surface area contributed by atoms with Crippen molar-refractivity contribution in [2.24, 2.45) is 5.10 Å². The number of anilines is 1. The Labute approximate surface area is 133 Å². The van der Waals surface area contributed by atoms with Crippen molar-refractivity contribution >= 4 is 35.3 Å². The van der Waals surface area contributed by atoms with Gasteiger partial charge in [-0.15, -0.1) is 0 Å². The number of benzene rings is 2. The van der Waals surface area contributed by atoms with Crippen LogP contribution in [0.15, 0.2) is 59.7 Å². The summed E-state index contributed by atoms with van der Waals surface area (Å²) in [4.78, 5) is 23.3. The molecule has 0 atom stereocenters. The second-order valence-electron chi connectivity index (χ2n) is 4.41. The summed E-state index contributed by atoms with van der Waals surface area (Å²) >= 11 is 5.95. The van der Waals surface area contributed by atoms with E-state index in [1.165, 1.54) is 6.21 Å². The van der Waals surface area contributed by atoms with Crippen molar-refractivity contribution in [3.8, 4) is 0 Å². The summed E-state index contributed by atoms with van der Waals surface area (Å²) in [5.41, 5.74) is 3.60. The Morgan fingerprint density at radius 3 is 2.41 bits per heavy atom. The lowest BCUT2D eigenvalue weighted by molar-refractivity contribution is -0.126. The zero-order chi connectivity index (χ0) is 15.8. The Kier molecular flexibility index (Phi) is 5.68. The van der Waals surface area contributed by atoms with Gasteiger partial charge in [-0.2, -0.15) is 5.10 Å². The predicted octanol–water partition coefficient (Wildman–Crippen LogP) is 2.82. The van der Waals surface area contributed by atoms with Crippen molar-refractivity contribution in [3.05, 3.63) is 65.2 Å². The summed E-state index contributed by atoms with van der Waals surface area (Å²) in [5, 5.41) is 6.92. The fraction of sp³-hybridized carbons (Fsp3) is 0.0625. The molecule has 112 valence electrons. The maximum atomic E-state index is 11.7. The van der Waals surface area contributed by atoms with Crippen LogP contribution >= 0.6 is 11.6 Å². The van der Waals surface area contributed by atoms with Gasteiger partial charge in [0, 0.05) is 16.3 Å². The first-order chi connectivity index (χ1) is 10.6. The number of rotatable bonds is 5. The largest absolute Gasteiger partial charge is 0.326 e. The number of para-hydroxylation sites is 1. The van der Waals surface area contributed by atoms with Crippen molar-refractivity contribution in [3.63, 3.8) is 0 Å². The predicted molar refractivity (Wildman–Crippen MR) is 86.9 cm³/mol. The van der Waals surface area contributed by atoms with E-state index in [2.05, 4.69) is 15.8 Å². The van der Waals surface area contributed by atoms with Crippen LogP contribution in [0.4, 0.5) is 5.69 Å². The second-order valence-corrected chi connectivity index (χ2v) is 4.81. The van der Waals surface area contributed by atoms with Crippen molar-refractivity contribution in [1.29, 1.82) is 0 Å². The van der Waals surface area contributed by atoms with Crippen LogP contribution in [0, 0.1) is 0 Å². The Hall–Kier alpha value is -2.66. The van der Waals surface area contributed by atoms with Gasteiger partial charge in [0.1, 0.15) is 6.42 Å². The van der Waals surface area contributed by atoms with Crippen LogP contribution in [-0.4, -0.2) is 18.0 Å². The van der Waals surface area contributed by atoms with Crippen LogP contribution in [0.3, 0.4) is 0 Å². The fourth-order valence-corrected chi connectivity index (χ4v) is 1.85. The molecular weight excluding hydrogens is 302 g/mol. The third-order valence-corrected chi connectivity index (χ3v) is 3.02. The number of hydrazone groups is 1. The number of carbonyl (C=O) groups is 2. The van der Waals surface area contributed by atoms with Crippen LogP contribution in [0.2, 0.25) is 5.02 Å². The van der Waals surface area contributed by atoms with Gasteiger partial charge in [0.2, 0.25) is 11.8 Å². The molecule has 0 saturated carbocycles. The monoisotopic (exact) mass is 315 g/mol. The number of amides is 2. The molecule has 2 aromatic rings. The Morgan fingerprint density at radius 1 is 1.00 bits per heavy atom. The maximum Gasteiger partial charge on any atom is 0.249 e. The van der Waals surface area contributed by atoms with Crippen molar-refractivity contribution < 1.29 is 9.59 Å². The Bertz CT molecular complexity index is 687. The van der Waals surface area contributed by atoms with E-state index in [0.717, 1.165) is 0 Å². The minimum absolute atomic E-state index is 0.311. The molecule has 0 aliphatic carbocycles. The Balaban J connectivity index is 1.80. The molecule has 0 heterocycles. The van der Waals surface area contributed by atoms with Gasteiger partial charge in [-0.1, -0.05) is 48.0 Å². The standard InChI is InChI=1S/C16H14ClN3O2/c17-14-9-5-4-6-12(14)11-18-20-16(22)10-15(21)19-13-7-2-1-3-8-13/h1-9,11H,10H2,(H,19,21)(H,20,22). The van der Waals surface area contributed by atoms with E-state index >= 15 is 0 Å². The average Bonchev–Trinajstić information content (AvgIpc) is 2.50. The molecule has 5 nitrogen and oxygen atoms in total. The summed E-state index contributed by atoms with van der Waals surface area (Å²) in [6.07, 6.45) is 1.12. The van der Waals surface area contributed by atoms with Gasteiger partial charge in [0.05, 0.1) is 6.21 Å². The van der Waals surface area contributed by atoms with E-state index in [-0.39, 0.29) is 6.42 Å². The molecule has 0 spiro atoms. The highest BCUT2D eigenvalue weighted by Crippen LogP contribution is 2.12. The number of hydrogen-bond acceptors (Lipinski definition) is 3. The molecule has 0 fully saturated rings. The summed E-state index contributed by atoms with van der Waals surface area (Å²) in [7, 11) is 0. The van der Waals surface area contributed by atoms with Gasteiger partial charge in [-0.3, -0.25) is 9.59 Å². The average molecular weight is 316 g/mol. The fourth-order valence-electron chi connectivity index (χ4n) is 1.67. The zero-order valence-electron chi connectivity index (χ0n) is 11.6. The lowest BCUT2D eigenvalue weighted by Gasteiger charge is -2.04. The van der Waals surface area contributed by atoms with Crippen LogP contribution in [0.1, 0.15) is 12.0 Å². The van der Waals surface area contributed by atoms with Crippen molar-refractivity contribution in [2.75, 3.05) is 5.32 Å². The normalized spacial score (nSPS) is 10.4. The smallest absolute Gasteiger partial charge is 0.249 e. The quantitative estimate of drug-likeness (QED) is 0.506. The topological polar surface area (TPSA) is 70.6 Å². The van der Waals surface area contributed by atoms with Crippen LogP contribution in [0.25, 0.3) is 0 Å². The van der Waals surface area contributed by atoms with E-state index in [1.807, 2.05) is 12.1 Å². The molecule has 0 saturated heterocycles. The third kappa shape index (κ3) is 5.03. The third-order valence-electron chi connectivity index (χ3n) is 2.68. The molecule has 2 amide bonds. The second kappa shape index (κ2) is 7.95. The molecule has 6 heteroatoms. The first-order valence-corrected chi connectivity index (χ1v) is 6.94. The minimum Gasteiger partial charge on any atom is -0.326 e. The lowest BCUT2D eigenvalue weighted by Crippen LogP contribution is -2.24. The maximum absolute atomic E-state index is 11.7.